The molecule has 0 heterocycles. The van der Waals surface area contributed by atoms with Gasteiger partial charge in [-0.3, -0.25) is 0 Å². The second-order valence-corrected chi connectivity index (χ2v) is 3.74. The van der Waals surface area contributed by atoms with Crippen LogP contribution in [0, 0.1) is 0 Å². The maximum Gasteiger partial charge on any atom is 0.314 e. The van der Waals surface area contributed by atoms with Crippen LogP contribution in [0.4, 0.5) is 4.79 Å². The molecule has 1 aromatic rings. The molecule has 18 heavy (non-hydrogen) atoms. The molecule has 1 aromatic carbocycles. The lowest BCUT2D eigenvalue weighted by molar-refractivity contribution is 0.104. The smallest absolute Gasteiger partial charge is 0.314 e. The number of ether oxygens (including phenoxy) is 2. The largest absolute Gasteiger partial charge is 0.497 e. The van der Waals surface area contributed by atoms with Crippen LogP contribution in [0.3, 0.4) is 0 Å². The third-order valence-corrected chi connectivity index (χ3v) is 2.54. The minimum atomic E-state index is -0.192. The van der Waals surface area contributed by atoms with E-state index in [9.17, 15) is 4.79 Å². The molecule has 1 rings (SSSR count). The Labute approximate surface area is 107 Å². The van der Waals surface area contributed by atoms with Gasteiger partial charge in [-0.05, 0) is 24.6 Å². The first kappa shape index (κ1) is 14.3. The number of methoxy groups -OCH3 is 2. The summed E-state index contributed by atoms with van der Waals surface area (Å²) in [5, 5.41) is 5.42. The number of urea groups is 1. The van der Waals surface area contributed by atoms with E-state index in [0.29, 0.717) is 13.1 Å². The topological polar surface area (TPSA) is 59.6 Å². The van der Waals surface area contributed by atoms with Gasteiger partial charge in [-0.25, -0.2) is 4.79 Å². The van der Waals surface area contributed by atoms with E-state index in [2.05, 4.69) is 10.6 Å². The summed E-state index contributed by atoms with van der Waals surface area (Å²) in [4.78, 5) is 11.3. The molecule has 2 N–H and O–H groups in total. The molecule has 0 saturated heterocycles. The van der Waals surface area contributed by atoms with Crippen molar-refractivity contribution in [3.05, 3.63) is 29.8 Å². The maximum atomic E-state index is 11.3. The van der Waals surface area contributed by atoms with Gasteiger partial charge in [0, 0.05) is 20.2 Å². The Morgan fingerprint density at radius 1 is 1.33 bits per heavy atom. The normalized spacial score (nSPS) is 11.7. The Bertz CT molecular complexity index is 382. The molecule has 0 bridgehead atoms. The molecule has 1 atom stereocenters. The summed E-state index contributed by atoms with van der Waals surface area (Å²) in [5.74, 6) is 0.771. The lowest BCUT2D eigenvalue weighted by atomic mass is 10.1. The van der Waals surface area contributed by atoms with Crippen LogP contribution < -0.4 is 15.4 Å². The fourth-order valence-electron chi connectivity index (χ4n) is 1.59. The standard InChI is InChI=1S/C13H20N2O3/c1-4-14-13(16)15-9-12(18-3)10-6-5-7-11(8-10)17-2/h5-8,12H,4,9H2,1-3H3,(H2,14,15,16). The van der Waals surface area contributed by atoms with Gasteiger partial charge in [0.2, 0.25) is 0 Å². The number of hydrogen-bond acceptors (Lipinski definition) is 3. The molecule has 5 heteroatoms. The Kier molecular flexibility index (Phi) is 6.00. The highest BCUT2D eigenvalue weighted by Gasteiger charge is 2.12. The molecule has 0 spiro atoms. The Balaban J connectivity index is 2.62. The molecule has 5 nitrogen and oxygen atoms in total. The van der Waals surface area contributed by atoms with E-state index in [1.54, 1.807) is 14.2 Å². The van der Waals surface area contributed by atoms with E-state index < -0.39 is 0 Å². The first-order valence-electron chi connectivity index (χ1n) is 5.89. The van der Waals surface area contributed by atoms with Gasteiger partial charge in [0.1, 0.15) is 5.75 Å². The van der Waals surface area contributed by atoms with E-state index in [4.69, 9.17) is 9.47 Å². The Hall–Kier alpha value is -1.75. The molecule has 0 aliphatic heterocycles. The van der Waals surface area contributed by atoms with Crippen molar-refractivity contribution in [2.45, 2.75) is 13.0 Å². The summed E-state index contributed by atoms with van der Waals surface area (Å²) in [6.45, 7) is 2.88. The van der Waals surface area contributed by atoms with Gasteiger partial charge >= 0.3 is 6.03 Å². The summed E-state index contributed by atoms with van der Waals surface area (Å²) in [6.07, 6.45) is -0.192. The van der Waals surface area contributed by atoms with Crippen molar-refractivity contribution in [3.63, 3.8) is 0 Å². The van der Waals surface area contributed by atoms with Crippen molar-refractivity contribution in [2.24, 2.45) is 0 Å². The number of carbonyl (C=O) groups excluding carboxylic acids is 1. The van der Waals surface area contributed by atoms with E-state index >= 15 is 0 Å². The number of benzene rings is 1. The van der Waals surface area contributed by atoms with Crippen LogP contribution >= 0.6 is 0 Å². The molecule has 1 unspecified atom stereocenters. The fraction of sp³-hybridized carbons (Fsp3) is 0.462. The Morgan fingerprint density at radius 3 is 2.72 bits per heavy atom. The summed E-state index contributed by atoms with van der Waals surface area (Å²) < 4.78 is 10.5. The van der Waals surface area contributed by atoms with Crippen molar-refractivity contribution in [1.29, 1.82) is 0 Å². The van der Waals surface area contributed by atoms with Gasteiger partial charge in [0.25, 0.3) is 0 Å². The molecule has 0 fully saturated rings. The van der Waals surface area contributed by atoms with Gasteiger partial charge in [-0.15, -0.1) is 0 Å². The SMILES string of the molecule is CCNC(=O)NCC(OC)c1cccc(OC)c1. The summed E-state index contributed by atoms with van der Waals surface area (Å²) >= 11 is 0. The third-order valence-electron chi connectivity index (χ3n) is 2.54. The van der Waals surface area contributed by atoms with Gasteiger partial charge in [0.15, 0.2) is 0 Å². The lowest BCUT2D eigenvalue weighted by Gasteiger charge is -2.17. The monoisotopic (exact) mass is 252 g/mol. The zero-order chi connectivity index (χ0) is 13.4. The van der Waals surface area contributed by atoms with Crippen LogP contribution in [0.2, 0.25) is 0 Å². The van der Waals surface area contributed by atoms with E-state index in [-0.39, 0.29) is 12.1 Å². The van der Waals surface area contributed by atoms with Crippen LogP contribution in [-0.2, 0) is 4.74 Å². The lowest BCUT2D eigenvalue weighted by Crippen LogP contribution is -2.37. The molecule has 0 aliphatic carbocycles. The van der Waals surface area contributed by atoms with Gasteiger partial charge in [0.05, 0.1) is 13.2 Å². The number of hydrogen-bond donors (Lipinski definition) is 2. The highest BCUT2D eigenvalue weighted by Crippen LogP contribution is 2.20. The molecule has 100 valence electrons. The maximum absolute atomic E-state index is 11.3. The minimum absolute atomic E-state index is 0.192. The van der Waals surface area contributed by atoms with Crippen molar-refractivity contribution in [2.75, 3.05) is 27.3 Å². The first-order chi connectivity index (χ1) is 8.71. The second kappa shape index (κ2) is 7.55. The van der Waals surface area contributed by atoms with Crippen LogP contribution in [0.1, 0.15) is 18.6 Å². The molecular formula is C13H20N2O3. The minimum Gasteiger partial charge on any atom is -0.497 e. The van der Waals surface area contributed by atoms with Crippen LogP contribution in [0.15, 0.2) is 24.3 Å². The van der Waals surface area contributed by atoms with Crippen LogP contribution in [0.25, 0.3) is 0 Å². The van der Waals surface area contributed by atoms with Gasteiger partial charge < -0.3 is 20.1 Å². The van der Waals surface area contributed by atoms with Crippen molar-refractivity contribution >= 4 is 6.03 Å². The summed E-state index contributed by atoms with van der Waals surface area (Å²) in [5.41, 5.74) is 0.966. The first-order valence-corrected chi connectivity index (χ1v) is 5.89. The van der Waals surface area contributed by atoms with Crippen LogP contribution in [0.5, 0.6) is 5.75 Å². The number of carbonyl (C=O) groups is 1. The molecule has 0 radical (unpaired) electrons. The predicted molar refractivity (Wildman–Crippen MR) is 69.8 cm³/mol. The van der Waals surface area contributed by atoms with E-state index in [0.717, 1.165) is 11.3 Å². The molecule has 0 aromatic heterocycles. The number of rotatable bonds is 6. The summed E-state index contributed by atoms with van der Waals surface area (Å²) in [6, 6.07) is 7.41. The molecule has 2 amide bonds. The Morgan fingerprint density at radius 2 is 2.11 bits per heavy atom. The zero-order valence-electron chi connectivity index (χ0n) is 11.0. The number of amides is 2. The molecule has 0 saturated carbocycles. The van der Waals surface area contributed by atoms with E-state index in [1.807, 2.05) is 31.2 Å². The van der Waals surface area contributed by atoms with Crippen LogP contribution in [-0.4, -0.2) is 33.3 Å². The average molecular weight is 252 g/mol. The summed E-state index contributed by atoms with van der Waals surface area (Å²) in [7, 11) is 3.23. The second-order valence-electron chi connectivity index (χ2n) is 3.74. The highest BCUT2D eigenvalue weighted by molar-refractivity contribution is 5.73. The van der Waals surface area contributed by atoms with Crippen molar-refractivity contribution in [1.82, 2.24) is 10.6 Å². The molecule has 0 aliphatic rings. The van der Waals surface area contributed by atoms with Gasteiger partial charge in [-0.2, -0.15) is 0 Å². The molecular weight excluding hydrogens is 232 g/mol. The zero-order valence-corrected chi connectivity index (χ0v) is 11.0. The fourth-order valence-corrected chi connectivity index (χ4v) is 1.59. The highest BCUT2D eigenvalue weighted by atomic mass is 16.5. The van der Waals surface area contributed by atoms with Gasteiger partial charge in [-0.1, -0.05) is 12.1 Å². The average Bonchev–Trinajstić information content (AvgIpc) is 2.40. The van der Waals surface area contributed by atoms with Crippen molar-refractivity contribution in [3.8, 4) is 5.75 Å². The van der Waals surface area contributed by atoms with E-state index in [1.165, 1.54) is 0 Å². The predicted octanol–water partition coefficient (Wildman–Crippen LogP) is 1.70. The number of nitrogens with one attached hydrogen (secondary N) is 2. The quantitative estimate of drug-likeness (QED) is 0.810. The van der Waals surface area contributed by atoms with Crippen molar-refractivity contribution < 1.29 is 14.3 Å². The third kappa shape index (κ3) is 4.25.